The third-order valence-corrected chi connectivity index (χ3v) is 7.62. The molecule has 33 heavy (non-hydrogen) atoms. The summed E-state index contributed by atoms with van der Waals surface area (Å²) in [7, 11) is 0. The number of hydrogen-bond acceptors (Lipinski definition) is 8. The molecule has 0 bridgehead atoms. The van der Waals surface area contributed by atoms with E-state index in [1.807, 2.05) is 11.0 Å². The number of imidazole rings is 1. The normalized spacial score (nSPS) is 16.4. The summed E-state index contributed by atoms with van der Waals surface area (Å²) in [4.78, 5) is 27.7. The van der Waals surface area contributed by atoms with Crippen LogP contribution >= 0.6 is 23.4 Å². The highest BCUT2D eigenvalue weighted by atomic mass is 35.5. The van der Waals surface area contributed by atoms with Gasteiger partial charge in [-0.05, 0) is 43.0 Å². The predicted octanol–water partition coefficient (Wildman–Crippen LogP) is 3.63. The molecule has 0 saturated carbocycles. The maximum Gasteiger partial charge on any atom is 0.219 e. The van der Waals surface area contributed by atoms with Crippen molar-refractivity contribution in [3.8, 4) is 11.5 Å². The standard InChI is InChI=1S/C22H25ClN6O3S/c1-13(30)28-5-2-14(3-6-28)4-7-29-21-19(20(24)25-12-26-21)27-22(29)33-18-11-17-16(10-15(18)23)31-8-9-32-17/h10-12,14H,2-9H2,1H3,(H2,24,25,26). The zero-order chi connectivity index (χ0) is 22.9. The molecule has 1 aromatic carbocycles. The molecule has 2 N–H and O–H groups in total. The van der Waals surface area contributed by atoms with Gasteiger partial charge in [-0.3, -0.25) is 4.79 Å². The van der Waals surface area contributed by atoms with Crippen molar-refractivity contribution in [2.45, 2.75) is 42.8 Å². The first-order valence-corrected chi connectivity index (χ1v) is 12.2. The monoisotopic (exact) mass is 488 g/mol. The van der Waals surface area contributed by atoms with Gasteiger partial charge in [-0.1, -0.05) is 11.6 Å². The molecule has 5 rings (SSSR count). The quantitative estimate of drug-likeness (QED) is 0.580. The third kappa shape index (κ3) is 4.54. The Balaban J connectivity index is 1.40. The summed E-state index contributed by atoms with van der Waals surface area (Å²) < 4.78 is 13.4. The lowest BCUT2D eigenvalue weighted by molar-refractivity contribution is -0.130. The molecule has 1 amide bonds. The second-order valence-corrected chi connectivity index (χ2v) is 9.66. The molecule has 174 valence electrons. The van der Waals surface area contributed by atoms with Crippen molar-refractivity contribution in [1.29, 1.82) is 0 Å². The molecule has 0 unspecified atom stereocenters. The van der Waals surface area contributed by atoms with Gasteiger partial charge < -0.3 is 24.7 Å². The Hall–Kier alpha value is -2.72. The Morgan fingerprint density at radius 2 is 1.94 bits per heavy atom. The first kappa shape index (κ1) is 22.1. The van der Waals surface area contributed by atoms with Crippen LogP contribution < -0.4 is 15.2 Å². The largest absolute Gasteiger partial charge is 0.486 e. The molecule has 9 nitrogen and oxygen atoms in total. The second-order valence-electron chi connectivity index (χ2n) is 8.24. The Kier molecular flexibility index (Phi) is 6.20. The molecule has 0 radical (unpaired) electrons. The Morgan fingerprint density at radius 3 is 2.67 bits per heavy atom. The average molecular weight is 489 g/mol. The summed E-state index contributed by atoms with van der Waals surface area (Å²) in [5.41, 5.74) is 7.39. The van der Waals surface area contributed by atoms with E-state index in [0.29, 0.717) is 52.6 Å². The van der Waals surface area contributed by atoms with Crippen LogP contribution in [-0.2, 0) is 11.3 Å². The number of rotatable bonds is 5. The van der Waals surface area contributed by atoms with E-state index in [1.165, 1.54) is 18.1 Å². The molecule has 1 saturated heterocycles. The number of nitrogen functional groups attached to an aromatic ring is 1. The minimum absolute atomic E-state index is 0.149. The summed E-state index contributed by atoms with van der Waals surface area (Å²) >= 11 is 8.00. The van der Waals surface area contributed by atoms with Crippen molar-refractivity contribution in [1.82, 2.24) is 24.4 Å². The van der Waals surface area contributed by atoms with Gasteiger partial charge in [0.1, 0.15) is 19.5 Å². The number of likely N-dealkylation sites (tertiary alicyclic amines) is 1. The van der Waals surface area contributed by atoms with Crippen molar-refractivity contribution in [2.75, 3.05) is 32.0 Å². The van der Waals surface area contributed by atoms with Crippen LogP contribution in [0.5, 0.6) is 11.5 Å². The van der Waals surface area contributed by atoms with Gasteiger partial charge in [-0.25, -0.2) is 15.0 Å². The highest BCUT2D eigenvalue weighted by Gasteiger charge is 2.23. The molecule has 1 fully saturated rings. The molecule has 2 aliphatic rings. The van der Waals surface area contributed by atoms with E-state index in [4.69, 9.17) is 31.8 Å². The molecular weight excluding hydrogens is 464 g/mol. The molecule has 2 aromatic heterocycles. The maximum absolute atomic E-state index is 11.6. The number of nitrogens with zero attached hydrogens (tertiary/aromatic N) is 5. The van der Waals surface area contributed by atoms with Crippen LogP contribution in [0.2, 0.25) is 5.02 Å². The van der Waals surface area contributed by atoms with Crippen LogP contribution in [0.3, 0.4) is 0 Å². The topological polar surface area (TPSA) is 108 Å². The SMILES string of the molecule is CC(=O)N1CCC(CCn2c(Sc3cc4c(cc3Cl)OCCO4)nc3c(N)ncnc32)CC1. The molecule has 0 atom stereocenters. The summed E-state index contributed by atoms with van der Waals surface area (Å²) in [6, 6.07) is 3.67. The fraction of sp³-hybridized carbons (Fsp3) is 0.455. The number of aryl methyl sites for hydroxylation is 1. The molecule has 0 aliphatic carbocycles. The van der Waals surface area contributed by atoms with E-state index in [9.17, 15) is 4.79 Å². The first-order valence-electron chi connectivity index (χ1n) is 11.0. The van der Waals surface area contributed by atoms with Gasteiger partial charge in [-0.15, -0.1) is 0 Å². The number of amides is 1. The van der Waals surface area contributed by atoms with Crippen molar-refractivity contribution < 1.29 is 14.3 Å². The minimum atomic E-state index is 0.149. The lowest BCUT2D eigenvalue weighted by Gasteiger charge is -2.31. The zero-order valence-electron chi connectivity index (χ0n) is 18.3. The molecular formula is C22H25ClN6O3S. The van der Waals surface area contributed by atoms with Crippen molar-refractivity contribution in [2.24, 2.45) is 5.92 Å². The van der Waals surface area contributed by atoms with Gasteiger partial charge in [-0.2, -0.15) is 0 Å². The predicted molar refractivity (Wildman–Crippen MR) is 126 cm³/mol. The first-order chi connectivity index (χ1) is 16.0. The van der Waals surface area contributed by atoms with Crippen molar-refractivity contribution in [3.05, 3.63) is 23.5 Å². The van der Waals surface area contributed by atoms with Gasteiger partial charge in [0.05, 0.1) is 5.02 Å². The molecule has 4 heterocycles. The number of aromatic nitrogens is 4. The van der Waals surface area contributed by atoms with Gasteiger partial charge in [0.15, 0.2) is 33.6 Å². The number of hydrogen-bond donors (Lipinski definition) is 1. The number of halogens is 1. The van der Waals surface area contributed by atoms with Crippen molar-refractivity contribution >= 4 is 46.3 Å². The molecule has 0 spiro atoms. The van der Waals surface area contributed by atoms with E-state index in [1.54, 1.807) is 13.0 Å². The highest BCUT2D eigenvalue weighted by molar-refractivity contribution is 7.99. The van der Waals surface area contributed by atoms with E-state index >= 15 is 0 Å². The average Bonchev–Trinajstić information content (AvgIpc) is 3.17. The number of anilines is 1. The number of benzene rings is 1. The Labute approximate surface area is 200 Å². The zero-order valence-corrected chi connectivity index (χ0v) is 19.9. The van der Waals surface area contributed by atoms with E-state index < -0.39 is 0 Å². The summed E-state index contributed by atoms with van der Waals surface area (Å²) in [5, 5.41) is 1.32. The van der Waals surface area contributed by atoms with E-state index in [0.717, 1.165) is 48.9 Å². The Morgan fingerprint density at radius 1 is 1.21 bits per heavy atom. The minimum Gasteiger partial charge on any atom is -0.486 e. The van der Waals surface area contributed by atoms with Gasteiger partial charge in [0.25, 0.3) is 0 Å². The lowest BCUT2D eigenvalue weighted by atomic mass is 9.93. The lowest BCUT2D eigenvalue weighted by Crippen LogP contribution is -2.37. The fourth-order valence-corrected chi connectivity index (χ4v) is 5.50. The fourth-order valence-electron chi connectivity index (χ4n) is 4.28. The van der Waals surface area contributed by atoms with Crippen molar-refractivity contribution in [3.63, 3.8) is 0 Å². The molecule has 11 heteroatoms. The van der Waals surface area contributed by atoms with Gasteiger partial charge in [0.2, 0.25) is 5.91 Å². The van der Waals surface area contributed by atoms with Crippen LogP contribution in [0.25, 0.3) is 11.2 Å². The number of ether oxygens (including phenoxy) is 2. The van der Waals surface area contributed by atoms with Crippen LogP contribution in [0.4, 0.5) is 5.82 Å². The smallest absolute Gasteiger partial charge is 0.219 e. The molecule has 2 aliphatic heterocycles. The number of carbonyl (C=O) groups is 1. The highest BCUT2D eigenvalue weighted by Crippen LogP contribution is 2.42. The number of carbonyl (C=O) groups excluding carboxylic acids is 1. The van der Waals surface area contributed by atoms with Gasteiger partial charge >= 0.3 is 0 Å². The summed E-state index contributed by atoms with van der Waals surface area (Å²) in [5.74, 6) is 2.36. The third-order valence-electron chi connectivity index (χ3n) is 6.14. The number of fused-ring (bicyclic) bond motifs is 2. The van der Waals surface area contributed by atoms with Gasteiger partial charge in [0, 0.05) is 37.5 Å². The second kappa shape index (κ2) is 9.26. The van der Waals surface area contributed by atoms with Crippen LogP contribution in [0.15, 0.2) is 28.5 Å². The maximum atomic E-state index is 11.6. The van der Waals surface area contributed by atoms with Crippen LogP contribution in [0.1, 0.15) is 26.2 Å². The number of nitrogens with two attached hydrogens (primary N) is 1. The van der Waals surface area contributed by atoms with Crippen LogP contribution in [0, 0.1) is 5.92 Å². The van der Waals surface area contributed by atoms with Crippen LogP contribution in [-0.4, -0.2) is 56.6 Å². The summed E-state index contributed by atoms with van der Waals surface area (Å²) in [6.45, 7) is 5.01. The molecule has 3 aromatic rings. The Bertz CT molecular complexity index is 1190. The van der Waals surface area contributed by atoms with E-state index in [2.05, 4.69) is 14.5 Å². The summed E-state index contributed by atoms with van der Waals surface area (Å²) in [6.07, 6.45) is 4.43. The number of piperidine rings is 1. The van der Waals surface area contributed by atoms with E-state index in [-0.39, 0.29) is 5.91 Å².